The van der Waals surface area contributed by atoms with Crippen LogP contribution in [0.5, 0.6) is 0 Å². The number of hydrogen-bond donors (Lipinski definition) is 1. The maximum Gasteiger partial charge on any atom is 0.251 e. The average Bonchev–Trinajstić information content (AvgIpc) is 3.07. The highest BCUT2D eigenvalue weighted by atomic mass is 16.2. The zero-order chi connectivity index (χ0) is 16.8. The summed E-state index contributed by atoms with van der Waals surface area (Å²) in [6.45, 7) is 1.83. The third-order valence-electron chi connectivity index (χ3n) is 4.15. The first-order valence-corrected chi connectivity index (χ1v) is 8.25. The summed E-state index contributed by atoms with van der Waals surface area (Å²) in [7, 11) is 0. The molecule has 126 valence electrons. The Morgan fingerprint density at radius 3 is 2.75 bits per heavy atom. The summed E-state index contributed by atoms with van der Waals surface area (Å²) in [5.74, 6) is 0.0568. The summed E-state index contributed by atoms with van der Waals surface area (Å²) >= 11 is 0. The molecular weight excluding hydrogens is 306 g/mol. The van der Waals surface area contributed by atoms with E-state index in [1.165, 1.54) is 6.33 Å². The van der Waals surface area contributed by atoms with Crippen molar-refractivity contribution in [3.05, 3.63) is 42.5 Å². The van der Waals surface area contributed by atoms with Gasteiger partial charge in [0, 0.05) is 31.6 Å². The Morgan fingerprint density at radius 1 is 1.17 bits per heavy atom. The predicted molar refractivity (Wildman–Crippen MR) is 88.7 cm³/mol. The Labute approximate surface area is 140 Å². The first-order valence-electron chi connectivity index (χ1n) is 8.25. The Bertz CT molecular complexity index is 682. The van der Waals surface area contributed by atoms with Crippen LogP contribution in [0.25, 0.3) is 5.69 Å². The number of amides is 2. The Kier molecular flexibility index (Phi) is 5.20. The minimum atomic E-state index is -0.137. The monoisotopic (exact) mass is 327 g/mol. The van der Waals surface area contributed by atoms with Crippen molar-refractivity contribution in [2.45, 2.75) is 25.7 Å². The van der Waals surface area contributed by atoms with Gasteiger partial charge in [0.15, 0.2) is 0 Å². The van der Waals surface area contributed by atoms with Crippen molar-refractivity contribution in [1.82, 2.24) is 25.0 Å². The summed E-state index contributed by atoms with van der Waals surface area (Å²) in [5, 5.41) is 6.92. The molecule has 3 rings (SSSR count). The van der Waals surface area contributed by atoms with E-state index in [1.807, 2.05) is 17.0 Å². The van der Waals surface area contributed by atoms with E-state index in [9.17, 15) is 9.59 Å². The molecule has 0 bridgehead atoms. The van der Waals surface area contributed by atoms with Crippen molar-refractivity contribution in [3.63, 3.8) is 0 Å². The molecule has 1 aliphatic heterocycles. The third-order valence-corrected chi connectivity index (χ3v) is 4.15. The highest BCUT2D eigenvalue weighted by Gasteiger charge is 2.16. The van der Waals surface area contributed by atoms with Crippen molar-refractivity contribution in [1.29, 1.82) is 0 Å². The lowest BCUT2D eigenvalue weighted by atomic mass is 10.2. The van der Waals surface area contributed by atoms with Gasteiger partial charge in [-0.1, -0.05) is 6.42 Å². The van der Waals surface area contributed by atoms with Crippen LogP contribution in [-0.4, -0.2) is 51.1 Å². The molecule has 1 fully saturated rings. The number of nitrogens with one attached hydrogen (secondary N) is 1. The second-order valence-corrected chi connectivity index (χ2v) is 5.83. The van der Waals surface area contributed by atoms with Crippen LogP contribution in [0, 0.1) is 0 Å². The summed E-state index contributed by atoms with van der Waals surface area (Å²) in [4.78, 5) is 29.8. The second-order valence-electron chi connectivity index (χ2n) is 5.83. The smallest absolute Gasteiger partial charge is 0.251 e. The molecule has 0 saturated carbocycles. The maximum absolute atomic E-state index is 12.2. The van der Waals surface area contributed by atoms with Crippen molar-refractivity contribution in [3.8, 4) is 5.69 Å². The molecular formula is C17H21N5O2. The number of benzene rings is 1. The molecule has 1 aromatic carbocycles. The Hall–Kier alpha value is -2.70. The number of nitrogens with zero attached hydrogens (tertiary/aromatic N) is 4. The van der Waals surface area contributed by atoms with E-state index in [-0.39, 0.29) is 11.8 Å². The number of hydrogen-bond acceptors (Lipinski definition) is 4. The molecule has 1 saturated heterocycles. The van der Waals surface area contributed by atoms with Gasteiger partial charge in [0.05, 0.1) is 5.69 Å². The third kappa shape index (κ3) is 3.98. The number of likely N-dealkylation sites (tertiary alicyclic amines) is 1. The highest BCUT2D eigenvalue weighted by molar-refractivity contribution is 5.94. The summed E-state index contributed by atoms with van der Waals surface area (Å²) in [6, 6.07) is 7.15. The minimum absolute atomic E-state index is 0.137. The molecule has 2 aromatic rings. The minimum Gasteiger partial charge on any atom is -0.350 e. The fourth-order valence-corrected chi connectivity index (χ4v) is 2.79. The van der Waals surface area contributed by atoms with Crippen LogP contribution in [-0.2, 0) is 4.79 Å². The summed E-state index contributed by atoms with van der Waals surface area (Å²) in [5.41, 5.74) is 1.43. The fraction of sp³-hybridized carbons (Fsp3) is 0.412. The lowest BCUT2D eigenvalue weighted by Crippen LogP contribution is -2.38. The standard InChI is InChI=1S/C17H21N5O2/c23-16-4-2-1-3-10-21(16)11-9-19-17(24)14-5-7-15(8-6-14)22-13-18-12-20-22/h5-8,12-13H,1-4,9-11H2,(H,19,24). The number of carbonyl (C=O) groups excluding carboxylic acids is 2. The van der Waals surface area contributed by atoms with E-state index >= 15 is 0 Å². The average molecular weight is 327 g/mol. The normalized spacial score (nSPS) is 15.2. The fourth-order valence-electron chi connectivity index (χ4n) is 2.79. The second kappa shape index (κ2) is 7.72. The van der Waals surface area contributed by atoms with Gasteiger partial charge in [-0.25, -0.2) is 9.67 Å². The SMILES string of the molecule is O=C(NCCN1CCCCCC1=O)c1ccc(-n2cncn2)cc1. The van der Waals surface area contributed by atoms with Crippen LogP contribution in [0.2, 0.25) is 0 Å². The van der Waals surface area contributed by atoms with Gasteiger partial charge in [0.25, 0.3) is 5.91 Å². The van der Waals surface area contributed by atoms with Crippen LogP contribution >= 0.6 is 0 Å². The van der Waals surface area contributed by atoms with Gasteiger partial charge >= 0.3 is 0 Å². The Balaban J connectivity index is 1.50. The zero-order valence-corrected chi connectivity index (χ0v) is 13.5. The lowest BCUT2D eigenvalue weighted by Gasteiger charge is -2.20. The van der Waals surface area contributed by atoms with Gasteiger partial charge in [-0.3, -0.25) is 9.59 Å². The lowest BCUT2D eigenvalue weighted by molar-refractivity contribution is -0.130. The molecule has 2 heterocycles. The zero-order valence-electron chi connectivity index (χ0n) is 13.5. The van der Waals surface area contributed by atoms with Crippen molar-refractivity contribution >= 4 is 11.8 Å². The predicted octanol–water partition coefficient (Wildman–Crippen LogP) is 1.40. The molecule has 1 aliphatic rings. The van der Waals surface area contributed by atoms with Crippen LogP contribution in [0.4, 0.5) is 0 Å². The molecule has 0 radical (unpaired) electrons. The molecule has 0 aliphatic carbocycles. The number of aromatic nitrogens is 3. The van der Waals surface area contributed by atoms with Crippen molar-refractivity contribution < 1.29 is 9.59 Å². The maximum atomic E-state index is 12.2. The molecule has 7 nitrogen and oxygen atoms in total. The topological polar surface area (TPSA) is 80.1 Å². The van der Waals surface area contributed by atoms with E-state index in [0.29, 0.717) is 25.1 Å². The first-order chi connectivity index (χ1) is 11.7. The molecule has 1 aromatic heterocycles. The number of rotatable bonds is 5. The molecule has 24 heavy (non-hydrogen) atoms. The molecule has 0 unspecified atom stereocenters. The Morgan fingerprint density at radius 2 is 2.00 bits per heavy atom. The van der Waals surface area contributed by atoms with Gasteiger partial charge in [0.2, 0.25) is 5.91 Å². The van der Waals surface area contributed by atoms with Gasteiger partial charge in [-0.2, -0.15) is 5.10 Å². The molecule has 0 spiro atoms. The molecule has 2 amide bonds. The summed E-state index contributed by atoms with van der Waals surface area (Å²) < 4.78 is 1.63. The van der Waals surface area contributed by atoms with Crippen LogP contribution in [0.15, 0.2) is 36.9 Å². The molecule has 7 heteroatoms. The van der Waals surface area contributed by atoms with E-state index in [4.69, 9.17) is 0 Å². The van der Waals surface area contributed by atoms with Crippen LogP contribution in [0.1, 0.15) is 36.0 Å². The van der Waals surface area contributed by atoms with Crippen molar-refractivity contribution in [2.24, 2.45) is 0 Å². The van der Waals surface area contributed by atoms with Crippen molar-refractivity contribution in [2.75, 3.05) is 19.6 Å². The molecule has 1 N–H and O–H groups in total. The highest BCUT2D eigenvalue weighted by Crippen LogP contribution is 2.11. The van der Waals surface area contributed by atoms with Crippen LogP contribution in [0.3, 0.4) is 0 Å². The van der Waals surface area contributed by atoms with E-state index in [1.54, 1.807) is 23.1 Å². The molecule has 0 atom stereocenters. The van der Waals surface area contributed by atoms with E-state index < -0.39 is 0 Å². The first kappa shape index (κ1) is 16.2. The van der Waals surface area contributed by atoms with Gasteiger partial charge in [-0.15, -0.1) is 0 Å². The summed E-state index contributed by atoms with van der Waals surface area (Å²) in [6.07, 6.45) is 6.81. The largest absolute Gasteiger partial charge is 0.350 e. The van der Waals surface area contributed by atoms with Gasteiger partial charge in [-0.05, 0) is 37.1 Å². The van der Waals surface area contributed by atoms with Gasteiger partial charge < -0.3 is 10.2 Å². The number of carbonyl (C=O) groups is 2. The quantitative estimate of drug-likeness (QED) is 0.900. The van der Waals surface area contributed by atoms with Crippen LogP contribution < -0.4 is 5.32 Å². The van der Waals surface area contributed by atoms with Gasteiger partial charge in [0.1, 0.15) is 12.7 Å². The van der Waals surface area contributed by atoms with E-state index in [2.05, 4.69) is 15.4 Å². The van der Waals surface area contributed by atoms with E-state index in [0.717, 1.165) is 31.5 Å².